The Morgan fingerprint density at radius 1 is 1.30 bits per heavy atom. The lowest BCUT2D eigenvalue weighted by molar-refractivity contribution is 0.159. The van der Waals surface area contributed by atoms with Crippen molar-refractivity contribution < 1.29 is 14.6 Å². The molecule has 1 aromatic rings. The van der Waals surface area contributed by atoms with Gasteiger partial charge in [0.25, 0.3) is 0 Å². The highest BCUT2D eigenvalue weighted by Crippen LogP contribution is 2.38. The monoisotopic (exact) mass is 299 g/mol. The van der Waals surface area contributed by atoms with E-state index in [1.165, 1.54) is 0 Å². The lowest BCUT2D eigenvalue weighted by Crippen LogP contribution is -2.32. The van der Waals surface area contributed by atoms with Gasteiger partial charge in [-0.25, -0.2) is 0 Å². The van der Waals surface area contributed by atoms with Gasteiger partial charge in [0.15, 0.2) is 11.5 Å². The molecule has 1 aliphatic rings. The number of halogens is 1. The molecule has 0 bridgehead atoms. The SMILES string of the molecule is CC(C)N(CCO)Cc1cc(Cl)c2c(c1)OCCCO2. The molecule has 0 unspecified atom stereocenters. The first-order chi connectivity index (χ1) is 9.61. The largest absolute Gasteiger partial charge is 0.489 e. The van der Waals surface area contributed by atoms with E-state index >= 15 is 0 Å². The third-order valence-corrected chi connectivity index (χ3v) is 3.65. The van der Waals surface area contributed by atoms with Gasteiger partial charge in [0.05, 0.1) is 24.8 Å². The Morgan fingerprint density at radius 2 is 2.05 bits per heavy atom. The highest BCUT2D eigenvalue weighted by Gasteiger charge is 2.17. The van der Waals surface area contributed by atoms with Crippen LogP contribution in [0.25, 0.3) is 0 Å². The van der Waals surface area contributed by atoms with E-state index in [1.54, 1.807) is 0 Å². The average molecular weight is 300 g/mol. The summed E-state index contributed by atoms with van der Waals surface area (Å²) in [5.74, 6) is 1.36. The first-order valence-corrected chi connectivity index (χ1v) is 7.42. The van der Waals surface area contributed by atoms with Crippen LogP contribution in [-0.2, 0) is 6.54 Å². The van der Waals surface area contributed by atoms with Crippen molar-refractivity contribution in [2.45, 2.75) is 32.9 Å². The predicted molar refractivity (Wildman–Crippen MR) is 79.7 cm³/mol. The van der Waals surface area contributed by atoms with Crippen LogP contribution in [0, 0.1) is 0 Å². The molecule has 5 heteroatoms. The Hall–Kier alpha value is -0.970. The summed E-state index contributed by atoms with van der Waals surface area (Å²) in [6, 6.07) is 4.26. The van der Waals surface area contributed by atoms with E-state index in [9.17, 15) is 0 Å². The van der Waals surface area contributed by atoms with Gasteiger partial charge in [-0.05, 0) is 31.5 Å². The first kappa shape index (κ1) is 15.4. The van der Waals surface area contributed by atoms with E-state index in [-0.39, 0.29) is 6.61 Å². The summed E-state index contributed by atoms with van der Waals surface area (Å²) in [6.07, 6.45) is 0.864. The van der Waals surface area contributed by atoms with Crippen LogP contribution in [0.4, 0.5) is 0 Å². The number of rotatable bonds is 5. The van der Waals surface area contributed by atoms with Gasteiger partial charge in [-0.2, -0.15) is 0 Å². The molecule has 1 heterocycles. The highest BCUT2D eigenvalue weighted by molar-refractivity contribution is 6.32. The molecule has 1 aromatic carbocycles. The molecule has 0 atom stereocenters. The zero-order valence-electron chi connectivity index (χ0n) is 12.1. The fourth-order valence-corrected chi connectivity index (χ4v) is 2.55. The van der Waals surface area contributed by atoms with Gasteiger partial charge in [-0.1, -0.05) is 11.6 Å². The molecule has 4 nitrogen and oxygen atoms in total. The standard InChI is InChI=1S/C15H22ClNO3/c1-11(2)17(4-5-18)10-12-8-13(16)15-14(9-12)19-6-3-7-20-15/h8-9,11,18H,3-7,10H2,1-2H3. The predicted octanol–water partition coefficient (Wildman–Crippen LogP) is 2.70. The van der Waals surface area contributed by atoms with Gasteiger partial charge >= 0.3 is 0 Å². The number of hydrogen-bond acceptors (Lipinski definition) is 4. The minimum absolute atomic E-state index is 0.149. The van der Waals surface area contributed by atoms with Gasteiger partial charge in [0.2, 0.25) is 0 Å². The van der Waals surface area contributed by atoms with Crippen LogP contribution in [0.2, 0.25) is 5.02 Å². The summed E-state index contributed by atoms with van der Waals surface area (Å²) in [7, 11) is 0. The molecule has 0 saturated carbocycles. The molecule has 1 aliphatic heterocycles. The van der Waals surface area contributed by atoms with Crippen LogP contribution in [0.1, 0.15) is 25.8 Å². The minimum atomic E-state index is 0.149. The third-order valence-electron chi connectivity index (χ3n) is 3.37. The molecule has 1 N–H and O–H groups in total. The molecular formula is C15H22ClNO3. The highest BCUT2D eigenvalue weighted by atomic mass is 35.5. The Kier molecular flexibility index (Phi) is 5.52. The maximum atomic E-state index is 9.14. The molecule has 112 valence electrons. The van der Waals surface area contributed by atoms with Crippen LogP contribution >= 0.6 is 11.6 Å². The van der Waals surface area contributed by atoms with Crippen LogP contribution < -0.4 is 9.47 Å². The molecule has 0 aromatic heterocycles. The summed E-state index contributed by atoms with van der Waals surface area (Å²) in [5.41, 5.74) is 1.07. The van der Waals surface area contributed by atoms with Crippen molar-refractivity contribution in [3.63, 3.8) is 0 Å². The van der Waals surface area contributed by atoms with E-state index in [1.807, 2.05) is 12.1 Å². The zero-order chi connectivity index (χ0) is 14.5. The van der Waals surface area contributed by atoms with E-state index < -0.39 is 0 Å². The Bertz CT molecular complexity index is 451. The molecule has 0 aliphatic carbocycles. The fraction of sp³-hybridized carbons (Fsp3) is 0.600. The Labute approximate surface area is 125 Å². The summed E-state index contributed by atoms with van der Waals surface area (Å²) in [5, 5.41) is 9.72. The summed E-state index contributed by atoms with van der Waals surface area (Å²) >= 11 is 6.29. The normalized spacial score (nSPS) is 14.7. The van der Waals surface area contributed by atoms with Gasteiger partial charge in [-0.3, -0.25) is 4.90 Å². The van der Waals surface area contributed by atoms with E-state index in [0.29, 0.717) is 36.6 Å². The number of aliphatic hydroxyl groups excluding tert-OH is 1. The van der Waals surface area contributed by atoms with Crippen molar-refractivity contribution in [1.29, 1.82) is 0 Å². The molecule has 0 radical (unpaired) electrons. The van der Waals surface area contributed by atoms with E-state index in [2.05, 4.69) is 18.7 Å². The van der Waals surface area contributed by atoms with Crippen molar-refractivity contribution in [2.75, 3.05) is 26.4 Å². The van der Waals surface area contributed by atoms with Gasteiger partial charge in [0, 0.05) is 25.6 Å². The van der Waals surface area contributed by atoms with E-state index in [4.69, 9.17) is 26.2 Å². The van der Waals surface area contributed by atoms with Crippen molar-refractivity contribution in [3.05, 3.63) is 22.7 Å². The van der Waals surface area contributed by atoms with Crippen LogP contribution in [-0.4, -0.2) is 42.4 Å². The molecular weight excluding hydrogens is 278 g/mol. The second-order valence-corrected chi connectivity index (χ2v) is 5.65. The molecule has 0 amide bonds. The summed E-state index contributed by atoms with van der Waals surface area (Å²) < 4.78 is 11.3. The summed E-state index contributed by atoms with van der Waals surface area (Å²) in [4.78, 5) is 2.19. The zero-order valence-corrected chi connectivity index (χ0v) is 12.8. The van der Waals surface area contributed by atoms with Crippen molar-refractivity contribution >= 4 is 11.6 Å². The van der Waals surface area contributed by atoms with Crippen LogP contribution in [0.3, 0.4) is 0 Å². The van der Waals surface area contributed by atoms with Crippen LogP contribution in [0.5, 0.6) is 11.5 Å². The Balaban J connectivity index is 2.20. The molecule has 0 saturated heterocycles. The van der Waals surface area contributed by atoms with Gasteiger partial charge in [-0.15, -0.1) is 0 Å². The van der Waals surface area contributed by atoms with Crippen LogP contribution in [0.15, 0.2) is 12.1 Å². The number of nitrogens with zero attached hydrogens (tertiary/aromatic N) is 1. The second-order valence-electron chi connectivity index (χ2n) is 5.24. The van der Waals surface area contributed by atoms with Gasteiger partial charge < -0.3 is 14.6 Å². The Morgan fingerprint density at radius 3 is 2.75 bits per heavy atom. The second kappa shape index (κ2) is 7.16. The average Bonchev–Trinajstić information content (AvgIpc) is 2.63. The minimum Gasteiger partial charge on any atom is -0.489 e. The number of hydrogen-bond donors (Lipinski definition) is 1. The first-order valence-electron chi connectivity index (χ1n) is 7.04. The molecule has 0 spiro atoms. The third kappa shape index (κ3) is 3.78. The van der Waals surface area contributed by atoms with Crippen molar-refractivity contribution in [2.24, 2.45) is 0 Å². The molecule has 20 heavy (non-hydrogen) atoms. The maximum Gasteiger partial charge on any atom is 0.179 e. The topological polar surface area (TPSA) is 41.9 Å². The number of ether oxygens (including phenoxy) is 2. The van der Waals surface area contributed by atoms with Crippen molar-refractivity contribution in [1.82, 2.24) is 4.90 Å². The lowest BCUT2D eigenvalue weighted by atomic mass is 10.1. The maximum absolute atomic E-state index is 9.14. The van der Waals surface area contributed by atoms with Gasteiger partial charge in [0.1, 0.15) is 0 Å². The molecule has 0 fully saturated rings. The number of aliphatic hydroxyl groups is 1. The summed E-state index contributed by atoms with van der Waals surface area (Å²) in [6.45, 7) is 7.03. The lowest BCUT2D eigenvalue weighted by Gasteiger charge is -2.26. The van der Waals surface area contributed by atoms with E-state index in [0.717, 1.165) is 24.3 Å². The quantitative estimate of drug-likeness (QED) is 0.908. The number of benzene rings is 1. The molecule has 2 rings (SSSR count). The fourth-order valence-electron chi connectivity index (χ4n) is 2.26. The van der Waals surface area contributed by atoms with Crippen molar-refractivity contribution in [3.8, 4) is 11.5 Å². The smallest absolute Gasteiger partial charge is 0.179 e. The number of fused-ring (bicyclic) bond motifs is 1.